The highest BCUT2D eigenvalue weighted by Gasteiger charge is 2.15. The van der Waals surface area contributed by atoms with Crippen LogP contribution in [0.5, 0.6) is 0 Å². The van der Waals surface area contributed by atoms with Crippen molar-refractivity contribution in [2.45, 2.75) is 6.92 Å². The van der Waals surface area contributed by atoms with Crippen LogP contribution in [0.15, 0.2) is 42.5 Å². The zero-order chi connectivity index (χ0) is 14.7. The van der Waals surface area contributed by atoms with E-state index < -0.39 is 10.8 Å². The number of rotatable bonds is 3. The molecular formula is C14H13N3O3. The maximum Gasteiger partial charge on any atom is 0.273 e. The normalized spacial score (nSPS) is 10.1. The number of nitrogens with zero attached hydrogens (tertiary/aromatic N) is 1. The molecule has 0 aliphatic carbocycles. The van der Waals surface area contributed by atoms with Crippen molar-refractivity contribution in [1.82, 2.24) is 0 Å². The van der Waals surface area contributed by atoms with Crippen LogP contribution in [-0.4, -0.2) is 10.8 Å². The Morgan fingerprint density at radius 1 is 1.25 bits per heavy atom. The SMILES string of the molecule is Cc1ccc(C(=O)Nc2cccc(N)c2)cc1[N+](=O)[O-]. The maximum absolute atomic E-state index is 12.0. The predicted molar refractivity (Wildman–Crippen MR) is 76.6 cm³/mol. The molecule has 102 valence electrons. The molecule has 20 heavy (non-hydrogen) atoms. The summed E-state index contributed by atoms with van der Waals surface area (Å²) in [5, 5.41) is 13.5. The minimum atomic E-state index is -0.507. The van der Waals surface area contributed by atoms with E-state index in [1.54, 1.807) is 43.3 Å². The highest BCUT2D eigenvalue weighted by atomic mass is 16.6. The monoisotopic (exact) mass is 271 g/mol. The van der Waals surface area contributed by atoms with Crippen LogP contribution >= 0.6 is 0 Å². The first-order valence-electron chi connectivity index (χ1n) is 5.89. The number of aryl methyl sites for hydroxylation is 1. The van der Waals surface area contributed by atoms with Crippen molar-refractivity contribution in [3.63, 3.8) is 0 Å². The molecule has 0 aliphatic rings. The highest BCUT2D eigenvalue weighted by molar-refractivity contribution is 6.04. The number of nitrogens with one attached hydrogen (secondary N) is 1. The predicted octanol–water partition coefficient (Wildman–Crippen LogP) is 2.74. The molecule has 2 aromatic rings. The molecule has 6 heteroatoms. The van der Waals surface area contributed by atoms with Crippen LogP contribution in [0.3, 0.4) is 0 Å². The molecule has 0 unspecified atom stereocenters. The molecule has 0 spiro atoms. The number of nitro groups is 1. The topological polar surface area (TPSA) is 98.3 Å². The average molecular weight is 271 g/mol. The van der Waals surface area contributed by atoms with Gasteiger partial charge in [-0.2, -0.15) is 0 Å². The number of amides is 1. The molecule has 0 bridgehead atoms. The first-order valence-corrected chi connectivity index (χ1v) is 5.89. The second-order valence-corrected chi connectivity index (χ2v) is 4.34. The molecule has 3 N–H and O–H groups in total. The zero-order valence-corrected chi connectivity index (χ0v) is 10.8. The number of nitrogens with two attached hydrogens (primary N) is 1. The fourth-order valence-electron chi connectivity index (χ4n) is 1.77. The lowest BCUT2D eigenvalue weighted by Crippen LogP contribution is -2.12. The van der Waals surface area contributed by atoms with E-state index >= 15 is 0 Å². The Bertz CT molecular complexity index is 683. The first-order chi connectivity index (χ1) is 9.47. The molecule has 2 rings (SSSR count). The minimum absolute atomic E-state index is 0.0785. The molecule has 0 saturated heterocycles. The summed E-state index contributed by atoms with van der Waals surface area (Å²) in [7, 11) is 0. The van der Waals surface area contributed by atoms with Gasteiger partial charge in [0.15, 0.2) is 0 Å². The van der Waals surface area contributed by atoms with E-state index in [1.165, 1.54) is 6.07 Å². The van der Waals surface area contributed by atoms with Gasteiger partial charge in [-0.3, -0.25) is 14.9 Å². The molecule has 1 amide bonds. The lowest BCUT2D eigenvalue weighted by Gasteiger charge is -2.06. The third kappa shape index (κ3) is 2.92. The summed E-state index contributed by atoms with van der Waals surface area (Å²) in [6.07, 6.45) is 0. The van der Waals surface area contributed by atoms with Gasteiger partial charge >= 0.3 is 0 Å². The van der Waals surface area contributed by atoms with Gasteiger partial charge in [-0.05, 0) is 31.2 Å². The van der Waals surface area contributed by atoms with Gasteiger partial charge in [-0.15, -0.1) is 0 Å². The van der Waals surface area contributed by atoms with Gasteiger partial charge in [-0.1, -0.05) is 12.1 Å². The minimum Gasteiger partial charge on any atom is -0.399 e. The summed E-state index contributed by atoms with van der Waals surface area (Å²) in [5.41, 5.74) is 7.34. The van der Waals surface area contributed by atoms with Gasteiger partial charge in [0, 0.05) is 28.6 Å². The summed E-state index contributed by atoms with van der Waals surface area (Å²) in [4.78, 5) is 22.4. The third-order valence-electron chi connectivity index (χ3n) is 2.81. The number of carbonyl (C=O) groups is 1. The van der Waals surface area contributed by atoms with Gasteiger partial charge < -0.3 is 11.1 Å². The van der Waals surface area contributed by atoms with Crippen LogP contribution in [0.25, 0.3) is 0 Å². The van der Waals surface area contributed by atoms with Crippen LogP contribution in [0.1, 0.15) is 15.9 Å². The van der Waals surface area contributed by atoms with Gasteiger partial charge in [0.25, 0.3) is 11.6 Å². The van der Waals surface area contributed by atoms with Crippen LogP contribution in [-0.2, 0) is 0 Å². The number of hydrogen-bond donors (Lipinski definition) is 2. The van der Waals surface area contributed by atoms with E-state index in [1.807, 2.05) is 0 Å². The molecule has 2 aromatic carbocycles. The molecule has 0 fully saturated rings. The van der Waals surface area contributed by atoms with Crippen molar-refractivity contribution in [2.24, 2.45) is 0 Å². The van der Waals surface area contributed by atoms with Crippen LogP contribution in [0.2, 0.25) is 0 Å². The van der Waals surface area contributed by atoms with Crippen LogP contribution < -0.4 is 11.1 Å². The standard InChI is InChI=1S/C14H13N3O3/c1-9-5-6-10(7-13(9)17(19)20)14(18)16-12-4-2-3-11(15)8-12/h2-8H,15H2,1H3,(H,16,18). The van der Waals surface area contributed by atoms with Gasteiger partial charge in [0.05, 0.1) is 4.92 Å². The van der Waals surface area contributed by atoms with E-state index in [2.05, 4.69) is 5.32 Å². The Hall–Kier alpha value is -2.89. The molecule has 6 nitrogen and oxygen atoms in total. The summed E-state index contributed by atoms with van der Waals surface area (Å²) in [5.74, 6) is -0.418. The van der Waals surface area contributed by atoms with Crippen molar-refractivity contribution >= 4 is 23.0 Å². The second-order valence-electron chi connectivity index (χ2n) is 4.34. The van der Waals surface area contributed by atoms with Gasteiger partial charge in [0.1, 0.15) is 0 Å². The summed E-state index contributed by atoms with van der Waals surface area (Å²) < 4.78 is 0. The highest BCUT2D eigenvalue weighted by Crippen LogP contribution is 2.20. The van der Waals surface area contributed by atoms with E-state index in [9.17, 15) is 14.9 Å². The van der Waals surface area contributed by atoms with Crippen molar-refractivity contribution in [3.05, 3.63) is 63.7 Å². The van der Waals surface area contributed by atoms with Crippen molar-refractivity contribution in [1.29, 1.82) is 0 Å². The molecule has 0 heterocycles. The molecule has 0 aromatic heterocycles. The summed E-state index contributed by atoms with van der Waals surface area (Å²) >= 11 is 0. The maximum atomic E-state index is 12.0. The number of hydrogen-bond acceptors (Lipinski definition) is 4. The van der Waals surface area contributed by atoms with Crippen LogP contribution in [0, 0.1) is 17.0 Å². The van der Waals surface area contributed by atoms with E-state index in [-0.39, 0.29) is 11.3 Å². The van der Waals surface area contributed by atoms with E-state index in [4.69, 9.17) is 5.73 Å². The summed E-state index contributed by atoms with van der Waals surface area (Å²) in [6.45, 7) is 1.62. The van der Waals surface area contributed by atoms with Crippen molar-refractivity contribution in [3.8, 4) is 0 Å². The average Bonchev–Trinajstić information content (AvgIpc) is 2.38. The van der Waals surface area contributed by atoms with Crippen LogP contribution in [0.4, 0.5) is 17.1 Å². The Kier molecular flexibility index (Phi) is 3.65. The number of benzene rings is 2. The molecule has 0 aliphatic heterocycles. The summed E-state index contributed by atoms with van der Waals surface area (Å²) in [6, 6.07) is 11.1. The van der Waals surface area contributed by atoms with E-state index in [0.717, 1.165) is 0 Å². The number of carbonyl (C=O) groups excluding carboxylic acids is 1. The Morgan fingerprint density at radius 2 is 2.00 bits per heavy atom. The van der Waals surface area contributed by atoms with Gasteiger partial charge in [0.2, 0.25) is 0 Å². The van der Waals surface area contributed by atoms with E-state index in [0.29, 0.717) is 16.9 Å². The fourth-order valence-corrected chi connectivity index (χ4v) is 1.77. The van der Waals surface area contributed by atoms with Crippen molar-refractivity contribution in [2.75, 3.05) is 11.1 Å². The molecule has 0 saturated carbocycles. The third-order valence-corrected chi connectivity index (χ3v) is 2.81. The largest absolute Gasteiger partial charge is 0.399 e. The number of nitro benzene ring substituents is 1. The number of anilines is 2. The molecular weight excluding hydrogens is 258 g/mol. The molecule has 0 radical (unpaired) electrons. The molecule has 0 atom stereocenters. The lowest BCUT2D eigenvalue weighted by atomic mass is 10.1. The lowest BCUT2D eigenvalue weighted by molar-refractivity contribution is -0.385. The van der Waals surface area contributed by atoms with Crippen molar-refractivity contribution < 1.29 is 9.72 Å². The second kappa shape index (κ2) is 5.40. The number of nitrogen functional groups attached to an aromatic ring is 1. The van der Waals surface area contributed by atoms with Gasteiger partial charge in [-0.25, -0.2) is 0 Å². The quantitative estimate of drug-likeness (QED) is 0.509. The zero-order valence-electron chi connectivity index (χ0n) is 10.8. The first kappa shape index (κ1) is 13.5. The Balaban J connectivity index is 2.26. The Morgan fingerprint density at radius 3 is 2.65 bits per heavy atom. The Labute approximate surface area is 115 Å². The fraction of sp³-hybridized carbons (Fsp3) is 0.0714. The smallest absolute Gasteiger partial charge is 0.273 e.